The van der Waals surface area contributed by atoms with Crippen LogP contribution in [0.1, 0.15) is 23.5 Å². The van der Waals surface area contributed by atoms with Gasteiger partial charge in [-0.2, -0.15) is 0 Å². The molecule has 1 amide bonds. The number of carbonyl (C=O) groups excluding carboxylic acids is 1. The first-order valence-corrected chi connectivity index (χ1v) is 6.59. The summed E-state index contributed by atoms with van der Waals surface area (Å²) in [6.07, 6.45) is 0. The predicted molar refractivity (Wildman–Crippen MR) is 76.2 cm³/mol. The second-order valence-electron chi connectivity index (χ2n) is 4.51. The summed E-state index contributed by atoms with van der Waals surface area (Å²) in [6.45, 7) is 5.37. The van der Waals surface area contributed by atoms with Crippen molar-refractivity contribution in [3.8, 4) is 0 Å². The molecule has 2 rings (SSSR count). The SMILES string of the molecule is CC1CN(C(=O)c2ccc([N+](=O)[O-])s2)C(C)CN1.Cl. The van der Waals surface area contributed by atoms with Gasteiger partial charge in [0.05, 0.1) is 9.80 Å². The predicted octanol–water partition coefficient (Wildman–Crippen LogP) is 1.90. The highest BCUT2D eigenvalue weighted by Gasteiger charge is 2.28. The third-order valence-corrected chi connectivity index (χ3v) is 4.03. The molecule has 2 unspecified atom stereocenters. The van der Waals surface area contributed by atoms with Gasteiger partial charge in [0.15, 0.2) is 0 Å². The van der Waals surface area contributed by atoms with Gasteiger partial charge in [0.2, 0.25) is 0 Å². The number of hydrogen-bond acceptors (Lipinski definition) is 5. The Bertz CT molecular complexity index is 480. The van der Waals surface area contributed by atoms with Gasteiger partial charge in [-0.25, -0.2) is 0 Å². The molecule has 1 N–H and O–H groups in total. The van der Waals surface area contributed by atoms with Crippen LogP contribution in [0, 0.1) is 10.1 Å². The summed E-state index contributed by atoms with van der Waals surface area (Å²) in [5.41, 5.74) is 0. The van der Waals surface area contributed by atoms with Gasteiger partial charge in [-0.15, -0.1) is 12.4 Å². The van der Waals surface area contributed by atoms with E-state index in [-0.39, 0.29) is 35.4 Å². The molecule has 1 aliphatic heterocycles. The summed E-state index contributed by atoms with van der Waals surface area (Å²) < 4.78 is 0. The van der Waals surface area contributed by atoms with Gasteiger partial charge < -0.3 is 10.2 Å². The van der Waals surface area contributed by atoms with E-state index in [9.17, 15) is 14.9 Å². The van der Waals surface area contributed by atoms with Crippen molar-refractivity contribution in [3.63, 3.8) is 0 Å². The molecule has 2 heterocycles. The summed E-state index contributed by atoms with van der Waals surface area (Å²) >= 11 is 0.935. The third-order valence-electron chi connectivity index (χ3n) is 3.01. The second-order valence-corrected chi connectivity index (χ2v) is 5.57. The molecule has 0 bridgehead atoms. The van der Waals surface area contributed by atoms with Crippen LogP contribution in [0.5, 0.6) is 0 Å². The first-order chi connectivity index (χ1) is 8.49. The minimum atomic E-state index is -0.467. The summed E-state index contributed by atoms with van der Waals surface area (Å²) in [6, 6.07) is 3.27. The van der Waals surface area contributed by atoms with Crippen molar-refractivity contribution in [2.24, 2.45) is 0 Å². The van der Waals surface area contributed by atoms with Crippen molar-refractivity contribution < 1.29 is 9.72 Å². The molecule has 8 heteroatoms. The number of nitrogens with zero attached hydrogens (tertiary/aromatic N) is 2. The zero-order valence-electron chi connectivity index (χ0n) is 10.7. The maximum Gasteiger partial charge on any atom is 0.324 e. The molecule has 1 aliphatic rings. The molecule has 6 nitrogen and oxygen atoms in total. The first kappa shape index (κ1) is 15.9. The molecule has 0 aliphatic carbocycles. The second kappa shape index (κ2) is 6.31. The molecule has 1 saturated heterocycles. The van der Waals surface area contributed by atoms with E-state index in [0.717, 1.165) is 17.9 Å². The molecular formula is C11H16ClN3O3S. The minimum absolute atomic E-state index is 0. The van der Waals surface area contributed by atoms with Crippen LogP contribution >= 0.6 is 23.7 Å². The van der Waals surface area contributed by atoms with Gasteiger partial charge in [0.25, 0.3) is 5.91 Å². The molecule has 1 aromatic rings. The van der Waals surface area contributed by atoms with Crippen molar-refractivity contribution >= 4 is 34.7 Å². The smallest absolute Gasteiger partial charge is 0.324 e. The molecule has 106 valence electrons. The van der Waals surface area contributed by atoms with Crippen molar-refractivity contribution in [1.29, 1.82) is 0 Å². The number of carbonyl (C=O) groups is 1. The van der Waals surface area contributed by atoms with Crippen molar-refractivity contribution in [2.45, 2.75) is 25.9 Å². The zero-order chi connectivity index (χ0) is 13.3. The van der Waals surface area contributed by atoms with E-state index >= 15 is 0 Å². The highest BCUT2D eigenvalue weighted by atomic mass is 35.5. The molecule has 0 saturated carbocycles. The zero-order valence-corrected chi connectivity index (χ0v) is 12.3. The molecule has 0 spiro atoms. The van der Waals surface area contributed by atoms with E-state index in [1.807, 2.05) is 13.8 Å². The van der Waals surface area contributed by atoms with Crippen LogP contribution in [-0.4, -0.2) is 40.9 Å². The van der Waals surface area contributed by atoms with Crippen molar-refractivity contribution in [2.75, 3.05) is 13.1 Å². The van der Waals surface area contributed by atoms with Gasteiger partial charge in [-0.3, -0.25) is 14.9 Å². The average molecular weight is 306 g/mol. The fourth-order valence-corrected chi connectivity index (χ4v) is 2.76. The number of amides is 1. The lowest BCUT2D eigenvalue weighted by Gasteiger charge is -2.37. The van der Waals surface area contributed by atoms with E-state index in [4.69, 9.17) is 0 Å². The Balaban J connectivity index is 0.00000180. The number of nitro groups is 1. The number of thiophene rings is 1. The van der Waals surface area contributed by atoms with Crippen LogP contribution in [0.4, 0.5) is 5.00 Å². The van der Waals surface area contributed by atoms with Crippen LogP contribution in [-0.2, 0) is 0 Å². The number of nitrogens with one attached hydrogen (secondary N) is 1. The fraction of sp³-hybridized carbons (Fsp3) is 0.545. The Morgan fingerprint density at radius 3 is 2.79 bits per heavy atom. The van der Waals surface area contributed by atoms with E-state index in [2.05, 4.69) is 5.32 Å². The highest BCUT2D eigenvalue weighted by molar-refractivity contribution is 7.17. The third kappa shape index (κ3) is 3.43. The van der Waals surface area contributed by atoms with Gasteiger partial charge in [-0.05, 0) is 19.9 Å². The Kier molecular flexibility index (Phi) is 5.28. The average Bonchev–Trinajstić information content (AvgIpc) is 2.81. The van der Waals surface area contributed by atoms with Gasteiger partial charge >= 0.3 is 5.00 Å². The first-order valence-electron chi connectivity index (χ1n) is 5.77. The number of halogens is 1. The van der Waals surface area contributed by atoms with E-state index in [1.54, 1.807) is 4.90 Å². The Morgan fingerprint density at radius 2 is 2.21 bits per heavy atom. The lowest BCUT2D eigenvalue weighted by Crippen LogP contribution is -2.56. The lowest BCUT2D eigenvalue weighted by atomic mass is 10.1. The highest BCUT2D eigenvalue weighted by Crippen LogP contribution is 2.26. The molecule has 0 radical (unpaired) electrons. The summed E-state index contributed by atoms with van der Waals surface area (Å²) in [7, 11) is 0. The van der Waals surface area contributed by atoms with Gasteiger partial charge in [-0.1, -0.05) is 11.3 Å². The van der Waals surface area contributed by atoms with Crippen molar-refractivity contribution in [3.05, 3.63) is 27.1 Å². The van der Waals surface area contributed by atoms with Crippen LogP contribution in [0.15, 0.2) is 12.1 Å². The Morgan fingerprint density at radius 1 is 1.53 bits per heavy atom. The molecule has 1 aromatic heterocycles. The van der Waals surface area contributed by atoms with Crippen molar-refractivity contribution in [1.82, 2.24) is 10.2 Å². The van der Waals surface area contributed by atoms with Gasteiger partial charge in [0.1, 0.15) is 0 Å². The van der Waals surface area contributed by atoms with Gasteiger partial charge in [0, 0.05) is 31.2 Å². The van der Waals surface area contributed by atoms with E-state index in [0.29, 0.717) is 11.4 Å². The largest absolute Gasteiger partial charge is 0.332 e. The normalized spacial score (nSPS) is 22.7. The number of rotatable bonds is 2. The molecule has 0 aromatic carbocycles. The number of piperazine rings is 1. The van der Waals surface area contributed by atoms with E-state index in [1.165, 1.54) is 12.1 Å². The van der Waals surface area contributed by atoms with E-state index < -0.39 is 4.92 Å². The fourth-order valence-electron chi connectivity index (χ4n) is 1.99. The van der Waals surface area contributed by atoms with Crippen LogP contribution in [0.25, 0.3) is 0 Å². The number of hydrogen-bond donors (Lipinski definition) is 1. The Hall–Kier alpha value is -1.18. The molecule has 2 atom stereocenters. The maximum atomic E-state index is 12.3. The molecular weight excluding hydrogens is 290 g/mol. The summed E-state index contributed by atoms with van der Waals surface area (Å²) in [5, 5.41) is 13.9. The lowest BCUT2D eigenvalue weighted by molar-refractivity contribution is -0.380. The summed E-state index contributed by atoms with van der Waals surface area (Å²) in [5.74, 6) is -0.117. The van der Waals surface area contributed by atoms with Crippen LogP contribution in [0.2, 0.25) is 0 Å². The molecule has 19 heavy (non-hydrogen) atoms. The Labute approximate surface area is 121 Å². The standard InChI is InChI=1S/C11H15N3O3S.ClH/c1-7-6-13(8(2)5-12-7)11(15)9-3-4-10(18-9)14(16)17;/h3-4,7-8,12H,5-6H2,1-2H3;1H. The summed E-state index contributed by atoms with van der Waals surface area (Å²) in [4.78, 5) is 24.6. The minimum Gasteiger partial charge on any atom is -0.332 e. The molecule has 1 fully saturated rings. The topological polar surface area (TPSA) is 75.5 Å². The quantitative estimate of drug-likeness (QED) is 0.669. The maximum absolute atomic E-state index is 12.3. The van der Waals surface area contributed by atoms with Crippen LogP contribution in [0.3, 0.4) is 0 Å². The van der Waals surface area contributed by atoms with Crippen LogP contribution < -0.4 is 5.32 Å². The monoisotopic (exact) mass is 305 g/mol.